The number of aryl methyl sites for hydroxylation is 1. The van der Waals surface area contributed by atoms with Crippen LogP contribution in [0.3, 0.4) is 0 Å². The molecule has 10 heteroatoms. The first-order valence-corrected chi connectivity index (χ1v) is 11.9. The van der Waals surface area contributed by atoms with E-state index < -0.39 is 16.1 Å². The number of rotatable bonds is 4. The van der Waals surface area contributed by atoms with E-state index in [1.165, 1.54) is 3.97 Å². The Balaban J connectivity index is 1.59. The molecule has 4 aromatic rings. The monoisotopic (exact) mass is 453 g/mol. The Morgan fingerprint density at radius 1 is 1.12 bits per heavy atom. The van der Waals surface area contributed by atoms with E-state index in [9.17, 15) is 13.2 Å². The molecule has 0 aliphatic heterocycles. The van der Waals surface area contributed by atoms with Gasteiger partial charge in [0.2, 0.25) is 0 Å². The molecule has 1 aromatic carbocycles. The summed E-state index contributed by atoms with van der Waals surface area (Å²) in [7, 11) is -3.78. The number of nitrogens with zero attached hydrogens (tertiary/aromatic N) is 4. The maximum absolute atomic E-state index is 13.2. The molecule has 0 atom stereocenters. The molecule has 0 spiro atoms. The number of carboxylic acid groups (broad SMARTS) is 1. The molecule has 1 saturated carbocycles. The lowest BCUT2D eigenvalue weighted by Gasteiger charge is -2.30. The van der Waals surface area contributed by atoms with Gasteiger partial charge in [0, 0.05) is 23.7 Å². The van der Waals surface area contributed by atoms with Crippen LogP contribution in [0.15, 0.2) is 53.7 Å². The number of nitrogens with one attached hydrogen (secondary N) is 1. The minimum atomic E-state index is -3.78. The van der Waals surface area contributed by atoms with E-state index in [0.29, 0.717) is 5.65 Å². The van der Waals surface area contributed by atoms with E-state index >= 15 is 0 Å². The molecular formula is C22H23N5O4S. The van der Waals surface area contributed by atoms with Crippen LogP contribution in [0.4, 0.5) is 4.79 Å². The molecule has 5 rings (SSSR count). The zero-order valence-electron chi connectivity index (χ0n) is 17.5. The topological polar surface area (TPSA) is 119 Å². The standard InChI is InChI=1S/C22H23N5O4S/c1-14-24-19-13-23-21-18(11-12-26(21)32(30,31)17-5-3-2-4-6-17)20(19)27(14)16-9-7-15(8-10-16)25-22(28)29/h2-6,11-13,15-16,25H,7-10H2,1H3,(H,28,29). The summed E-state index contributed by atoms with van der Waals surface area (Å²) in [6.45, 7) is 1.94. The van der Waals surface area contributed by atoms with Crippen molar-refractivity contribution in [3.8, 4) is 0 Å². The van der Waals surface area contributed by atoms with Gasteiger partial charge in [-0.2, -0.15) is 0 Å². The number of hydrogen-bond acceptors (Lipinski definition) is 5. The molecule has 0 bridgehead atoms. The number of pyridine rings is 1. The third-order valence-electron chi connectivity index (χ3n) is 6.19. The summed E-state index contributed by atoms with van der Waals surface area (Å²) in [6.07, 6.45) is 5.27. The average Bonchev–Trinajstić information content (AvgIpc) is 3.35. The second-order valence-electron chi connectivity index (χ2n) is 8.14. The van der Waals surface area contributed by atoms with E-state index in [1.807, 2.05) is 6.92 Å². The summed E-state index contributed by atoms with van der Waals surface area (Å²) in [4.78, 5) is 20.3. The number of benzene rings is 1. The van der Waals surface area contributed by atoms with Crippen LogP contribution in [-0.4, -0.2) is 44.2 Å². The fraction of sp³-hybridized carbons (Fsp3) is 0.318. The van der Waals surface area contributed by atoms with Gasteiger partial charge in [-0.25, -0.2) is 27.2 Å². The molecular weight excluding hydrogens is 430 g/mol. The van der Waals surface area contributed by atoms with Crippen molar-refractivity contribution in [2.45, 2.75) is 49.6 Å². The van der Waals surface area contributed by atoms with Crippen LogP contribution in [0.2, 0.25) is 0 Å². The summed E-state index contributed by atoms with van der Waals surface area (Å²) >= 11 is 0. The SMILES string of the molecule is Cc1nc2cnc3c(ccn3S(=O)(=O)c3ccccc3)c2n1C1CCC(NC(=O)O)CC1. The Morgan fingerprint density at radius 3 is 2.53 bits per heavy atom. The summed E-state index contributed by atoms with van der Waals surface area (Å²) in [6, 6.07) is 10.2. The van der Waals surface area contributed by atoms with Gasteiger partial charge in [-0.05, 0) is 50.8 Å². The van der Waals surface area contributed by atoms with Gasteiger partial charge in [0.25, 0.3) is 10.0 Å². The predicted molar refractivity (Wildman–Crippen MR) is 119 cm³/mol. The Morgan fingerprint density at radius 2 is 1.84 bits per heavy atom. The average molecular weight is 454 g/mol. The highest BCUT2D eigenvalue weighted by atomic mass is 32.2. The Kier molecular flexibility index (Phi) is 4.89. The van der Waals surface area contributed by atoms with Gasteiger partial charge in [0.05, 0.1) is 16.6 Å². The molecule has 1 aliphatic carbocycles. The van der Waals surface area contributed by atoms with Gasteiger partial charge in [-0.1, -0.05) is 18.2 Å². The minimum Gasteiger partial charge on any atom is -0.465 e. The Hall–Kier alpha value is -3.40. The maximum atomic E-state index is 13.2. The third-order valence-corrected chi connectivity index (χ3v) is 7.87. The number of fused-ring (bicyclic) bond motifs is 3. The largest absolute Gasteiger partial charge is 0.465 e. The lowest BCUT2D eigenvalue weighted by atomic mass is 9.91. The van der Waals surface area contributed by atoms with Crippen molar-refractivity contribution in [2.24, 2.45) is 0 Å². The number of hydrogen-bond donors (Lipinski definition) is 2. The molecule has 3 aromatic heterocycles. The van der Waals surface area contributed by atoms with Crippen molar-refractivity contribution in [2.75, 3.05) is 0 Å². The van der Waals surface area contributed by atoms with Gasteiger partial charge in [-0.3, -0.25) is 0 Å². The van der Waals surface area contributed by atoms with Crippen LogP contribution < -0.4 is 5.32 Å². The number of aromatic nitrogens is 4. The van der Waals surface area contributed by atoms with Crippen molar-refractivity contribution in [1.82, 2.24) is 23.8 Å². The molecule has 166 valence electrons. The number of amides is 1. The summed E-state index contributed by atoms with van der Waals surface area (Å²) in [5, 5.41) is 12.3. The molecule has 2 N–H and O–H groups in total. The molecule has 1 aliphatic rings. The van der Waals surface area contributed by atoms with Crippen molar-refractivity contribution in [3.05, 3.63) is 54.6 Å². The van der Waals surface area contributed by atoms with Gasteiger partial charge in [0.1, 0.15) is 11.3 Å². The quantitative estimate of drug-likeness (QED) is 0.486. The fourth-order valence-corrected chi connectivity index (χ4v) is 6.09. The summed E-state index contributed by atoms with van der Waals surface area (Å²) in [5.41, 5.74) is 1.95. The van der Waals surface area contributed by atoms with Crippen LogP contribution in [0.5, 0.6) is 0 Å². The van der Waals surface area contributed by atoms with Gasteiger partial charge in [0.15, 0.2) is 5.65 Å². The first kappa shape index (κ1) is 20.5. The van der Waals surface area contributed by atoms with Gasteiger partial charge in [-0.15, -0.1) is 0 Å². The highest BCUT2D eigenvalue weighted by Gasteiger charge is 2.28. The molecule has 0 unspecified atom stereocenters. The molecule has 1 amide bonds. The summed E-state index contributed by atoms with van der Waals surface area (Å²) < 4.78 is 29.8. The zero-order valence-corrected chi connectivity index (χ0v) is 18.3. The van der Waals surface area contributed by atoms with Crippen LogP contribution in [0, 0.1) is 6.92 Å². The van der Waals surface area contributed by atoms with E-state index in [2.05, 4.69) is 19.9 Å². The van der Waals surface area contributed by atoms with Crippen LogP contribution >= 0.6 is 0 Å². The molecule has 3 heterocycles. The van der Waals surface area contributed by atoms with Crippen LogP contribution in [0.1, 0.15) is 37.5 Å². The van der Waals surface area contributed by atoms with Crippen molar-refractivity contribution in [1.29, 1.82) is 0 Å². The molecule has 0 saturated heterocycles. The van der Waals surface area contributed by atoms with Crippen molar-refractivity contribution < 1.29 is 18.3 Å². The maximum Gasteiger partial charge on any atom is 0.404 e. The second kappa shape index (κ2) is 7.63. The Labute approximate surface area is 184 Å². The van der Waals surface area contributed by atoms with Crippen molar-refractivity contribution >= 4 is 38.2 Å². The highest BCUT2D eigenvalue weighted by Crippen LogP contribution is 2.35. The van der Waals surface area contributed by atoms with Gasteiger partial charge < -0.3 is 15.0 Å². The predicted octanol–water partition coefficient (Wildman–Crippen LogP) is 3.68. The molecule has 0 radical (unpaired) electrons. The van der Waals surface area contributed by atoms with E-state index in [1.54, 1.807) is 48.8 Å². The zero-order chi connectivity index (χ0) is 22.5. The lowest BCUT2D eigenvalue weighted by molar-refractivity contribution is 0.182. The van der Waals surface area contributed by atoms with E-state index in [4.69, 9.17) is 5.11 Å². The number of imidazole rings is 1. The van der Waals surface area contributed by atoms with E-state index in [0.717, 1.165) is 47.9 Å². The smallest absolute Gasteiger partial charge is 0.404 e. The highest BCUT2D eigenvalue weighted by molar-refractivity contribution is 7.90. The molecule has 1 fully saturated rings. The van der Waals surface area contributed by atoms with Gasteiger partial charge >= 0.3 is 6.09 Å². The normalized spacial score (nSPS) is 19.4. The fourth-order valence-electron chi connectivity index (χ4n) is 4.76. The second-order valence-corrected chi connectivity index (χ2v) is 9.96. The first-order valence-electron chi connectivity index (χ1n) is 10.5. The Bertz CT molecular complexity index is 1420. The third kappa shape index (κ3) is 3.31. The van der Waals surface area contributed by atoms with E-state index in [-0.39, 0.29) is 17.0 Å². The van der Waals surface area contributed by atoms with Crippen molar-refractivity contribution in [3.63, 3.8) is 0 Å². The summed E-state index contributed by atoms with van der Waals surface area (Å²) in [5.74, 6) is 0.836. The number of carbonyl (C=O) groups is 1. The van der Waals surface area contributed by atoms with Crippen LogP contribution in [-0.2, 0) is 10.0 Å². The first-order chi connectivity index (χ1) is 15.4. The molecule has 9 nitrogen and oxygen atoms in total. The molecule has 32 heavy (non-hydrogen) atoms. The van der Waals surface area contributed by atoms with Crippen LogP contribution in [0.25, 0.3) is 22.1 Å². The minimum absolute atomic E-state index is 0.0439. The lowest BCUT2D eigenvalue weighted by Crippen LogP contribution is -2.37.